The molecule has 1 aliphatic heterocycles. The van der Waals surface area contributed by atoms with E-state index in [0.29, 0.717) is 12.2 Å². The van der Waals surface area contributed by atoms with Crippen LogP contribution in [0.25, 0.3) is 5.76 Å². The average Bonchev–Trinajstić information content (AvgIpc) is 3.03. The first kappa shape index (κ1) is 24.8. The number of rotatable bonds is 6. The standard InChI is InChI=1S/C25H28N2O7/c1-6-11-26-21(14-7-9-18(28)17(12-14)27(32)33)20(23(30)24(26)31)22(29)16-13-15(25(2,3)4)8-10-19(16)34-5/h7-10,12-13,21,28-29H,6,11H2,1-5H3/b22-20+. The second-order valence-electron chi connectivity index (χ2n) is 9.16. The number of aliphatic hydroxyl groups is 1. The zero-order valence-corrected chi connectivity index (χ0v) is 19.8. The summed E-state index contributed by atoms with van der Waals surface area (Å²) >= 11 is 0. The van der Waals surface area contributed by atoms with E-state index in [1.807, 2.05) is 33.8 Å². The van der Waals surface area contributed by atoms with Gasteiger partial charge < -0.3 is 19.8 Å². The fourth-order valence-electron chi connectivity index (χ4n) is 4.06. The third-order valence-corrected chi connectivity index (χ3v) is 5.84. The van der Waals surface area contributed by atoms with E-state index in [1.54, 1.807) is 12.1 Å². The molecule has 1 aliphatic rings. The van der Waals surface area contributed by atoms with Crippen LogP contribution in [0, 0.1) is 10.1 Å². The number of ketones is 1. The lowest BCUT2D eigenvalue weighted by Crippen LogP contribution is -2.30. The third kappa shape index (κ3) is 4.33. The molecular formula is C25H28N2O7. The number of phenols is 1. The van der Waals surface area contributed by atoms with Gasteiger partial charge in [-0.2, -0.15) is 0 Å². The van der Waals surface area contributed by atoms with Crippen LogP contribution in [0.3, 0.4) is 0 Å². The number of Topliss-reactive ketones (excluding diaryl/α,β-unsaturated/α-hetero) is 1. The van der Waals surface area contributed by atoms with E-state index in [1.165, 1.54) is 18.1 Å². The predicted molar refractivity (Wildman–Crippen MR) is 126 cm³/mol. The van der Waals surface area contributed by atoms with E-state index in [0.717, 1.165) is 17.7 Å². The molecule has 9 heteroatoms. The molecule has 2 aromatic rings. The van der Waals surface area contributed by atoms with E-state index in [9.17, 15) is 29.9 Å². The van der Waals surface area contributed by atoms with Crippen LogP contribution in [0.5, 0.6) is 11.5 Å². The highest BCUT2D eigenvalue weighted by atomic mass is 16.6. The highest BCUT2D eigenvalue weighted by molar-refractivity contribution is 6.46. The molecule has 2 aromatic carbocycles. The molecule has 9 nitrogen and oxygen atoms in total. The van der Waals surface area contributed by atoms with Crippen LogP contribution in [0.2, 0.25) is 0 Å². The molecule has 1 heterocycles. The lowest BCUT2D eigenvalue weighted by molar-refractivity contribution is -0.385. The lowest BCUT2D eigenvalue weighted by Gasteiger charge is -2.25. The Bertz CT molecular complexity index is 1190. The van der Waals surface area contributed by atoms with Gasteiger partial charge in [-0.05, 0) is 41.2 Å². The van der Waals surface area contributed by atoms with Gasteiger partial charge in [-0.1, -0.05) is 39.8 Å². The molecule has 0 bridgehead atoms. The van der Waals surface area contributed by atoms with Crippen LogP contribution in [0.15, 0.2) is 42.0 Å². The first-order valence-electron chi connectivity index (χ1n) is 10.9. The van der Waals surface area contributed by atoms with Gasteiger partial charge in [0.1, 0.15) is 11.5 Å². The van der Waals surface area contributed by atoms with Crippen molar-refractivity contribution in [3.8, 4) is 11.5 Å². The van der Waals surface area contributed by atoms with Gasteiger partial charge in [-0.3, -0.25) is 19.7 Å². The van der Waals surface area contributed by atoms with Crippen molar-refractivity contribution in [3.63, 3.8) is 0 Å². The predicted octanol–water partition coefficient (Wildman–Crippen LogP) is 4.44. The van der Waals surface area contributed by atoms with Crippen LogP contribution in [-0.2, 0) is 15.0 Å². The van der Waals surface area contributed by atoms with E-state index >= 15 is 0 Å². The van der Waals surface area contributed by atoms with Crippen molar-refractivity contribution in [2.45, 2.75) is 45.6 Å². The molecule has 2 N–H and O–H groups in total. The normalized spacial score (nSPS) is 17.8. The van der Waals surface area contributed by atoms with Crippen molar-refractivity contribution in [2.24, 2.45) is 0 Å². The van der Waals surface area contributed by atoms with Gasteiger partial charge in [0, 0.05) is 12.6 Å². The van der Waals surface area contributed by atoms with Crippen LogP contribution in [-0.4, -0.2) is 45.4 Å². The Morgan fingerprint density at radius 1 is 1.18 bits per heavy atom. The number of aliphatic hydroxyl groups excluding tert-OH is 1. The average molecular weight is 469 g/mol. The number of nitro groups is 1. The Kier molecular flexibility index (Phi) is 6.67. The number of hydrogen-bond donors (Lipinski definition) is 2. The Balaban J connectivity index is 2.32. The number of benzene rings is 2. The minimum absolute atomic E-state index is 0.192. The van der Waals surface area contributed by atoms with E-state index in [2.05, 4.69) is 0 Å². The Morgan fingerprint density at radius 2 is 1.85 bits per heavy atom. The fourth-order valence-corrected chi connectivity index (χ4v) is 4.06. The zero-order chi connectivity index (χ0) is 25.4. The Morgan fingerprint density at radius 3 is 2.41 bits per heavy atom. The quantitative estimate of drug-likeness (QED) is 0.211. The number of nitrogens with zero attached hydrogens (tertiary/aromatic N) is 2. The van der Waals surface area contributed by atoms with Crippen molar-refractivity contribution in [3.05, 3.63) is 68.8 Å². The SMILES string of the molecule is CCCN1C(=O)C(=O)/C(=C(/O)c2cc(C(C)(C)C)ccc2OC)C1c1ccc(O)c([N+](=O)[O-])c1. The Labute approximate surface area is 197 Å². The number of methoxy groups -OCH3 is 1. The topological polar surface area (TPSA) is 130 Å². The molecule has 1 fully saturated rings. The van der Waals surface area contributed by atoms with E-state index in [4.69, 9.17) is 4.74 Å². The van der Waals surface area contributed by atoms with Crippen molar-refractivity contribution in [1.82, 2.24) is 4.90 Å². The summed E-state index contributed by atoms with van der Waals surface area (Å²) in [4.78, 5) is 38.0. The summed E-state index contributed by atoms with van der Waals surface area (Å²) < 4.78 is 5.41. The number of amides is 1. The van der Waals surface area contributed by atoms with Crippen molar-refractivity contribution >= 4 is 23.1 Å². The van der Waals surface area contributed by atoms with Crippen LogP contribution < -0.4 is 4.74 Å². The number of phenolic OH excluding ortho intramolecular Hbond substituents is 1. The van der Waals surface area contributed by atoms with Crippen molar-refractivity contribution in [2.75, 3.05) is 13.7 Å². The molecule has 1 saturated heterocycles. The second kappa shape index (κ2) is 9.17. The summed E-state index contributed by atoms with van der Waals surface area (Å²) in [6, 6.07) is 7.83. The highest BCUT2D eigenvalue weighted by Gasteiger charge is 2.46. The van der Waals surface area contributed by atoms with Gasteiger partial charge in [0.05, 0.1) is 29.2 Å². The maximum atomic E-state index is 13.1. The van der Waals surface area contributed by atoms with Gasteiger partial charge in [-0.15, -0.1) is 0 Å². The summed E-state index contributed by atoms with van der Waals surface area (Å²) in [5.74, 6) is -2.37. The third-order valence-electron chi connectivity index (χ3n) is 5.84. The molecule has 0 spiro atoms. The molecule has 0 aromatic heterocycles. The molecular weight excluding hydrogens is 440 g/mol. The largest absolute Gasteiger partial charge is 0.507 e. The number of ether oxygens (including phenoxy) is 1. The highest BCUT2D eigenvalue weighted by Crippen LogP contribution is 2.43. The summed E-state index contributed by atoms with van der Waals surface area (Å²) in [6.45, 7) is 8.00. The summed E-state index contributed by atoms with van der Waals surface area (Å²) in [5.41, 5.74) is 0.309. The van der Waals surface area contributed by atoms with Gasteiger partial charge in [0.15, 0.2) is 5.75 Å². The molecule has 1 unspecified atom stereocenters. The number of carbonyl (C=O) groups is 2. The maximum absolute atomic E-state index is 13.1. The maximum Gasteiger partial charge on any atom is 0.311 e. The molecule has 1 amide bonds. The van der Waals surface area contributed by atoms with E-state index < -0.39 is 39.9 Å². The fraction of sp³-hybridized carbons (Fsp3) is 0.360. The van der Waals surface area contributed by atoms with Gasteiger partial charge in [0.25, 0.3) is 11.7 Å². The number of aromatic hydroxyl groups is 1. The van der Waals surface area contributed by atoms with E-state index in [-0.39, 0.29) is 28.7 Å². The van der Waals surface area contributed by atoms with Crippen molar-refractivity contribution in [1.29, 1.82) is 0 Å². The second-order valence-corrected chi connectivity index (χ2v) is 9.16. The van der Waals surface area contributed by atoms with Crippen LogP contribution in [0.1, 0.15) is 56.8 Å². The number of carbonyl (C=O) groups excluding carboxylic acids is 2. The minimum atomic E-state index is -1.07. The molecule has 1 atom stereocenters. The van der Waals surface area contributed by atoms with Gasteiger partial charge in [-0.25, -0.2) is 0 Å². The molecule has 0 radical (unpaired) electrons. The summed E-state index contributed by atoms with van der Waals surface area (Å²) in [5, 5.41) is 32.7. The first-order valence-corrected chi connectivity index (χ1v) is 10.9. The molecule has 3 rings (SSSR count). The molecule has 0 saturated carbocycles. The lowest BCUT2D eigenvalue weighted by atomic mass is 9.85. The summed E-state index contributed by atoms with van der Waals surface area (Å²) in [7, 11) is 1.43. The zero-order valence-electron chi connectivity index (χ0n) is 19.8. The molecule has 0 aliphatic carbocycles. The monoisotopic (exact) mass is 468 g/mol. The van der Waals surface area contributed by atoms with Crippen LogP contribution in [0.4, 0.5) is 5.69 Å². The summed E-state index contributed by atoms with van der Waals surface area (Å²) in [6.07, 6.45) is 0.520. The number of nitro benzene ring substituents is 1. The Hall–Kier alpha value is -3.88. The van der Waals surface area contributed by atoms with Gasteiger partial charge in [0.2, 0.25) is 0 Å². The van der Waals surface area contributed by atoms with Gasteiger partial charge >= 0.3 is 5.69 Å². The number of hydrogen-bond acceptors (Lipinski definition) is 7. The first-order chi connectivity index (χ1) is 15.9. The number of likely N-dealkylation sites (tertiary alicyclic amines) is 1. The van der Waals surface area contributed by atoms with Crippen LogP contribution >= 0.6 is 0 Å². The molecule has 180 valence electrons. The molecule has 34 heavy (non-hydrogen) atoms. The minimum Gasteiger partial charge on any atom is -0.507 e. The van der Waals surface area contributed by atoms with Crippen molar-refractivity contribution < 1.29 is 29.5 Å². The smallest absolute Gasteiger partial charge is 0.311 e.